The minimum atomic E-state index is -0.476. The van der Waals surface area contributed by atoms with E-state index >= 15 is 0 Å². The van der Waals surface area contributed by atoms with Crippen molar-refractivity contribution in [3.8, 4) is 5.75 Å². The lowest BCUT2D eigenvalue weighted by molar-refractivity contribution is -0.141. The highest BCUT2D eigenvalue weighted by Gasteiger charge is 2.13. The first-order valence-electron chi connectivity index (χ1n) is 4.35. The normalized spacial score (nSPS) is 11.4. The van der Waals surface area contributed by atoms with Crippen LogP contribution >= 0.6 is 24.0 Å². The summed E-state index contributed by atoms with van der Waals surface area (Å²) < 4.78 is 4.50. The van der Waals surface area contributed by atoms with Gasteiger partial charge in [-0.25, -0.2) is 0 Å². The number of halogens is 2. The highest BCUT2D eigenvalue weighted by molar-refractivity contribution is 6.32. The molecule has 1 atom stereocenters. The van der Waals surface area contributed by atoms with E-state index < -0.39 is 6.04 Å². The van der Waals surface area contributed by atoms with Gasteiger partial charge in [0, 0.05) is 6.04 Å². The first-order valence-corrected chi connectivity index (χ1v) is 4.73. The molecule has 1 aromatic rings. The molecule has 1 rings (SSSR count). The number of aromatic hydroxyl groups is 1. The van der Waals surface area contributed by atoms with Gasteiger partial charge in [-0.05, 0) is 17.7 Å². The third-order valence-corrected chi connectivity index (χ3v) is 2.32. The standard InChI is InChI=1S/C10H12ClNO3.ClH/c1-15-10(14)5-8(12)6-2-3-9(13)7(11)4-6;/h2-4,8,13H,5,12H2,1H3;1H/t8-;/m1./s1. The summed E-state index contributed by atoms with van der Waals surface area (Å²) in [6.07, 6.45) is 0.0810. The van der Waals surface area contributed by atoms with Gasteiger partial charge in [0.2, 0.25) is 0 Å². The van der Waals surface area contributed by atoms with Crippen LogP contribution in [0.3, 0.4) is 0 Å². The summed E-state index contributed by atoms with van der Waals surface area (Å²) in [5.74, 6) is -0.391. The van der Waals surface area contributed by atoms with Crippen LogP contribution < -0.4 is 5.73 Å². The second-order valence-electron chi connectivity index (χ2n) is 3.10. The van der Waals surface area contributed by atoms with E-state index in [9.17, 15) is 9.90 Å². The van der Waals surface area contributed by atoms with Crippen molar-refractivity contribution in [1.29, 1.82) is 0 Å². The number of hydrogen-bond acceptors (Lipinski definition) is 4. The van der Waals surface area contributed by atoms with Gasteiger partial charge in [0.15, 0.2) is 0 Å². The summed E-state index contributed by atoms with van der Waals surface area (Å²) in [4.78, 5) is 11.0. The van der Waals surface area contributed by atoms with Crippen molar-refractivity contribution in [2.75, 3.05) is 7.11 Å². The minimum absolute atomic E-state index is 0. The first kappa shape index (κ1) is 15.0. The second-order valence-corrected chi connectivity index (χ2v) is 3.50. The van der Waals surface area contributed by atoms with Gasteiger partial charge in [-0.15, -0.1) is 12.4 Å². The zero-order valence-electron chi connectivity index (χ0n) is 8.64. The number of hydrogen-bond donors (Lipinski definition) is 2. The SMILES string of the molecule is COC(=O)C[C@@H](N)c1ccc(O)c(Cl)c1.Cl. The molecule has 0 saturated carbocycles. The molecule has 0 aliphatic heterocycles. The minimum Gasteiger partial charge on any atom is -0.506 e. The zero-order chi connectivity index (χ0) is 11.4. The first-order chi connectivity index (χ1) is 7.04. The fraction of sp³-hybridized carbons (Fsp3) is 0.300. The molecule has 16 heavy (non-hydrogen) atoms. The maximum atomic E-state index is 11.0. The Balaban J connectivity index is 0.00000225. The summed E-state index contributed by atoms with van der Waals surface area (Å²) >= 11 is 5.71. The van der Waals surface area contributed by atoms with E-state index in [1.165, 1.54) is 19.2 Å². The molecule has 0 unspecified atom stereocenters. The molecule has 6 heteroatoms. The Hall–Kier alpha value is -0.970. The monoisotopic (exact) mass is 265 g/mol. The summed E-state index contributed by atoms with van der Waals surface area (Å²) in [5, 5.41) is 9.40. The fourth-order valence-corrected chi connectivity index (χ4v) is 1.32. The molecule has 1 aromatic carbocycles. The lowest BCUT2D eigenvalue weighted by Crippen LogP contribution is -2.16. The Morgan fingerprint density at radius 3 is 2.75 bits per heavy atom. The Labute approximate surface area is 105 Å². The molecule has 0 saturated heterocycles. The number of phenols is 1. The second kappa shape index (κ2) is 6.58. The molecular weight excluding hydrogens is 253 g/mol. The van der Waals surface area contributed by atoms with Crippen molar-refractivity contribution in [3.63, 3.8) is 0 Å². The summed E-state index contributed by atoms with van der Waals surface area (Å²) in [6, 6.07) is 4.12. The molecule has 0 amide bonds. The van der Waals surface area contributed by atoms with Crippen LogP contribution in [0.1, 0.15) is 18.0 Å². The third kappa shape index (κ3) is 3.89. The van der Waals surface area contributed by atoms with Crippen molar-refractivity contribution in [3.05, 3.63) is 28.8 Å². The molecule has 4 nitrogen and oxygen atoms in total. The molecule has 0 fully saturated rings. The van der Waals surface area contributed by atoms with Crippen molar-refractivity contribution in [2.45, 2.75) is 12.5 Å². The average Bonchev–Trinajstić information content (AvgIpc) is 2.21. The number of esters is 1. The smallest absolute Gasteiger partial charge is 0.307 e. The van der Waals surface area contributed by atoms with E-state index in [1.54, 1.807) is 6.07 Å². The largest absolute Gasteiger partial charge is 0.506 e. The Kier molecular flexibility index (Phi) is 6.18. The number of ether oxygens (including phenoxy) is 1. The fourth-order valence-electron chi connectivity index (χ4n) is 1.13. The van der Waals surface area contributed by atoms with E-state index in [-0.39, 0.29) is 35.6 Å². The average molecular weight is 266 g/mol. The molecule has 0 aromatic heterocycles. The maximum Gasteiger partial charge on any atom is 0.307 e. The van der Waals surface area contributed by atoms with Gasteiger partial charge >= 0.3 is 5.97 Å². The lowest BCUT2D eigenvalue weighted by atomic mass is 10.0. The van der Waals surface area contributed by atoms with Crippen LogP contribution in [0.4, 0.5) is 0 Å². The van der Waals surface area contributed by atoms with Crippen LogP contribution in [0.25, 0.3) is 0 Å². The van der Waals surface area contributed by atoms with E-state index in [0.717, 1.165) is 0 Å². The summed E-state index contributed by atoms with van der Waals surface area (Å²) in [7, 11) is 1.30. The van der Waals surface area contributed by atoms with Gasteiger partial charge in [-0.1, -0.05) is 17.7 Å². The molecule has 0 aliphatic carbocycles. The molecule has 0 aliphatic rings. The van der Waals surface area contributed by atoms with Gasteiger partial charge in [0.25, 0.3) is 0 Å². The molecule has 0 spiro atoms. The van der Waals surface area contributed by atoms with Crippen LogP contribution in [0.15, 0.2) is 18.2 Å². The zero-order valence-corrected chi connectivity index (χ0v) is 10.2. The Morgan fingerprint density at radius 2 is 2.25 bits per heavy atom. The van der Waals surface area contributed by atoms with E-state index in [4.69, 9.17) is 17.3 Å². The van der Waals surface area contributed by atoms with Gasteiger partial charge in [0.05, 0.1) is 18.6 Å². The van der Waals surface area contributed by atoms with Gasteiger partial charge in [0.1, 0.15) is 5.75 Å². The number of methoxy groups -OCH3 is 1. The predicted octanol–water partition coefficient (Wildman–Crippen LogP) is 2.03. The van der Waals surface area contributed by atoms with Crippen molar-refractivity contribution in [1.82, 2.24) is 0 Å². The maximum absolute atomic E-state index is 11.0. The summed E-state index contributed by atoms with van der Waals surface area (Å²) in [6.45, 7) is 0. The topological polar surface area (TPSA) is 72.5 Å². The lowest BCUT2D eigenvalue weighted by Gasteiger charge is -2.11. The van der Waals surface area contributed by atoms with E-state index in [0.29, 0.717) is 5.56 Å². The van der Waals surface area contributed by atoms with Crippen molar-refractivity contribution < 1.29 is 14.6 Å². The molecule has 0 heterocycles. The Bertz CT molecular complexity index is 371. The highest BCUT2D eigenvalue weighted by Crippen LogP contribution is 2.26. The molecule has 3 N–H and O–H groups in total. The van der Waals surface area contributed by atoms with Crippen molar-refractivity contribution >= 4 is 30.0 Å². The van der Waals surface area contributed by atoms with Gasteiger partial charge < -0.3 is 15.6 Å². The van der Waals surface area contributed by atoms with Gasteiger partial charge in [-0.3, -0.25) is 4.79 Å². The third-order valence-electron chi connectivity index (χ3n) is 2.01. The van der Waals surface area contributed by atoms with Crippen LogP contribution in [0, 0.1) is 0 Å². The number of nitrogens with two attached hydrogens (primary N) is 1. The number of rotatable bonds is 3. The van der Waals surface area contributed by atoms with Gasteiger partial charge in [-0.2, -0.15) is 0 Å². The number of carbonyl (C=O) groups excluding carboxylic acids is 1. The van der Waals surface area contributed by atoms with E-state index in [2.05, 4.69) is 4.74 Å². The number of carbonyl (C=O) groups is 1. The summed E-state index contributed by atoms with van der Waals surface area (Å²) in [5.41, 5.74) is 6.43. The quantitative estimate of drug-likeness (QED) is 0.821. The molecular formula is C10H13Cl2NO3. The number of phenolic OH excluding ortho intramolecular Hbond substituents is 1. The van der Waals surface area contributed by atoms with Crippen molar-refractivity contribution in [2.24, 2.45) is 5.73 Å². The molecule has 0 bridgehead atoms. The van der Waals surface area contributed by atoms with Crippen LogP contribution in [0.2, 0.25) is 5.02 Å². The van der Waals surface area contributed by atoms with E-state index in [1.807, 2.05) is 0 Å². The molecule has 0 radical (unpaired) electrons. The van der Waals surface area contributed by atoms with Crippen LogP contribution in [-0.4, -0.2) is 18.2 Å². The highest BCUT2D eigenvalue weighted by atomic mass is 35.5. The Morgan fingerprint density at radius 1 is 1.62 bits per heavy atom. The number of benzene rings is 1. The van der Waals surface area contributed by atoms with Crippen LogP contribution in [0.5, 0.6) is 5.75 Å². The molecule has 90 valence electrons. The predicted molar refractivity (Wildman–Crippen MR) is 63.9 cm³/mol. The van der Waals surface area contributed by atoms with Crippen LogP contribution in [-0.2, 0) is 9.53 Å².